The van der Waals surface area contributed by atoms with Crippen LogP contribution in [0.15, 0.2) is 39.5 Å². The molecule has 0 saturated carbocycles. The lowest BCUT2D eigenvalue weighted by Crippen LogP contribution is -1.88. The number of nitrogens with zero attached hydrogens (tertiary/aromatic N) is 3. The van der Waals surface area contributed by atoms with Gasteiger partial charge in [0.05, 0.1) is 0 Å². The second-order valence-corrected chi connectivity index (χ2v) is 3.25. The lowest BCUT2D eigenvalue weighted by Gasteiger charge is -2.01. The zero-order chi connectivity index (χ0) is 9.26. The number of azo groups is 1. The van der Waals surface area contributed by atoms with E-state index >= 15 is 0 Å². The molecule has 0 saturated heterocycles. The molecule has 1 aromatic carbocycles. The van der Waals surface area contributed by atoms with Crippen LogP contribution >= 0.6 is 11.6 Å². The van der Waals surface area contributed by atoms with Gasteiger partial charge in [-0.15, -0.1) is 5.11 Å². The Kier molecular flexibility index (Phi) is 2.10. The molecular weight excluding hydrogens is 186 g/mol. The van der Waals surface area contributed by atoms with Gasteiger partial charge >= 0.3 is 0 Å². The molecule has 0 radical (unpaired) electrons. The highest BCUT2D eigenvalue weighted by Gasteiger charge is 2.12. The van der Waals surface area contributed by atoms with Crippen molar-refractivity contribution in [3.63, 3.8) is 0 Å². The van der Waals surface area contributed by atoms with Gasteiger partial charge in [-0.25, -0.2) is 4.99 Å². The van der Waals surface area contributed by atoms with Crippen LogP contribution in [-0.4, -0.2) is 5.84 Å². The standard InChI is InChI=1S/C9H8ClN3/c1-6-11-9(13-12-6)7-2-4-8(10)5-3-7/h2-5,9H,1H3. The fraction of sp³-hybridized carbons (Fsp3) is 0.222. The van der Waals surface area contributed by atoms with Crippen LogP contribution in [0, 0.1) is 0 Å². The van der Waals surface area contributed by atoms with E-state index in [2.05, 4.69) is 15.2 Å². The molecule has 3 nitrogen and oxygen atoms in total. The predicted octanol–water partition coefficient (Wildman–Crippen LogP) is 3.22. The van der Waals surface area contributed by atoms with Crippen molar-refractivity contribution in [2.45, 2.75) is 13.1 Å². The minimum absolute atomic E-state index is 0.169. The summed E-state index contributed by atoms with van der Waals surface area (Å²) in [5, 5.41) is 8.57. The largest absolute Gasteiger partial charge is 0.235 e. The van der Waals surface area contributed by atoms with E-state index in [1.54, 1.807) is 0 Å². The Bertz CT molecular complexity index is 367. The van der Waals surface area contributed by atoms with Gasteiger partial charge in [0.2, 0.25) is 0 Å². The monoisotopic (exact) mass is 193 g/mol. The highest BCUT2D eigenvalue weighted by atomic mass is 35.5. The molecule has 0 N–H and O–H groups in total. The number of rotatable bonds is 1. The van der Waals surface area contributed by atoms with Crippen LogP contribution in [-0.2, 0) is 0 Å². The Balaban J connectivity index is 2.28. The molecule has 0 aliphatic carbocycles. The third kappa shape index (κ3) is 1.75. The van der Waals surface area contributed by atoms with Crippen molar-refractivity contribution in [1.82, 2.24) is 0 Å². The topological polar surface area (TPSA) is 37.1 Å². The van der Waals surface area contributed by atoms with Crippen LogP contribution < -0.4 is 0 Å². The summed E-state index contributed by atoms with van der Waals surface area (Å²) in [4.78, 5) is 4.23. The third-order valence-corrected chi connectivity index (χ3v) is 2.04. The molecule has 1 atom stereocenters. The minimum Gasteiger partial charge on any atom is -0.235 e. The van der Waals surface area contributed by atoms with Crippen molar-refractivity contribution in [1.29, 1.82) is 0 Å². The number of halogens is 1. The van der Waals surface area contributed by atoms with Crippen LogP contribution in [0.25, 0.3) is 0 Å². The van der Waals surface area contributed by atoms with Crippen LogP contribution in [0.5, 0.6) is 0 Å². The quantitative estimate of drug-likeness (QED) is 0.657. The summed E-state index contributed by atoms with van der Waals surface area (Å²) in [7, 11) is 0. The SMILES string of the molecule is CC1=NC(c2ccc(Cl)cc2)N=N1. The Morgan fingerprint density at radius 1 is 1.23 bits per heavy atom. The van der Waals surface area contributed by atoms with Gasteiger partial charge in [-0.2, -0.15) is 5.11 Å². The molecule has 1 aromatic rings. The number of hydrogen-bond acceptors (Lipinski definition) is 3. The molecule has 1 aliphatic heterocycles. The van der Waals surface area contributed by atoms with Gasteiger partial charge in [0, 0.05) is 10.6 Å². The second kappa shape index (κ2) is 3.26. The maximum Gasteiger partial charge on any atom is 0.188 e. The summed E-state index contributed by atoms with van der Waals surface area (Å²) in [6.45, 7) is 1.83. The van der Waals surface area contributed by atoms with Gasteiger partial charge in [-0.3, -0.25) is 0 Å². The summed E-state index contributed by atoms with van der Waals surface area (Å²) in [5.74, 6) is 0.722. The average molecular weight is 194 g/mol. The Morgan fingerprint density at radius 3 is 2.46 bits per heavy atom. The van der Waals surface area contributed by atoms with E-state index in [0.717, 1.165) is 16.4 Å². The van der Waals surface area contributed by atoms with Gasteiger partial charge in [0.1, 0.15) is 5.84 Å². The Morgan fingerprint density at radius 2 is 1.92 bits per heavy atom. The molecule has 1 heterocycles. The van der Waals surface area contributed by atoms with E-state index in [0.29, 0.717) is 0 Å². The van der Waals surface area contributed by atoms with Crippen molar-refractivity contribution in [3.05, 3.63) is 34.9 Å². The van der Waals surface area contributed by atoms with Crippen LogP contribution in [0.4, 0.5) is 0 Å². The number of amidine groups is 1. The minimum atomic E-state index is -0.169. The first kappa shape index (κ1) is 8.38. The van der Waals surface area contributed by atoms with Crippen LogP contribution in [0.2, 0.25) is 5.02 Å². The fourth-order valence-electron chi connectivity index (χ4n) is 1.14. The summed E-state index contributed by atoms with van der Waals surface area (Å²) >= 11 is 5.76. The van der Waals surface area contributed by atoms with Crippen molar-refractivity contribution in [3.8, 4) is 0 Å². The first-order valence-corrected chi connectivity index (χ1v) is 4.34. The molecule has 66 valence electrons. The lowest BCUT2D eigenvalue weighted by molar-refractivity contribution is 0.772. The molecule has 2 rings (SSSR count). The first-order valence-electron chi connectivity index (χ1n) is 3.96. The van der Waals surface area contributed by atoms with E-state index in [4.69, 9.17) is 11.6 Å². The van der Waals surface area contributed by atoms with Gasteiger partial charge in [0.15, 0.2) is 6.17 Å². The molecule has 13 heavy (non-hydrogen) atoms. The maximum absolute atomic E-state index is 5.76. The summed E-state index contributed by atoms with van der Waals surface area (Å²) in [5.41, 5.74) is 1.02. The molecule has 0 spiro atoms. The molecule has 0 amide bonds. The van der Waals surface area contributed by atoms with Gasteiger partial charge in [-0.05, 0) is 19.1 Å². The zero-order valence-electron chi connectivity index (χ0n) is 7.11. The predicted molar refractivity (Wildman–Crippen MR) is 52.2 cm³/mol. The molecule has 1 aliphatic rings. The first-order chi connectivity index (χ1) is 6.25. The molecule has 0 aromatic heterocycles. The van der Waals surface area contributed by atoms with E-state index in [9.17, 15) is 0 Å². The van der Waals surface area contributed by atoms with Crippen LogP contribution in [0.1, 0.15) is 18.7 Å². The smallest absolute Gasteiger partial charge is 0.188 e. The van der Waals surface area contributed by atoms with E-state index in [-0.39, 0.29) is 6.17 Å². The van der Waals surface area contributed by atoms with Gasteiger partial charge in [0.25, 0.3) is 0 Å². The molecular formula is C9H8ClN3. The van der Waals surface area contributed by atoms with Gasteiger partial charge < -0.3 is 0 Å². The Hall–Kier alpha value is -1.22. The van der Waals surface area contributed by atoms with E-state index in [1.807, 2.05) is 31.2 Å². The zero-order valence-corrected chi connectivity index (χ0v) is 7.86. The van der Waals surface area contributed by atoms with Crippen molar-refractivity contribution in [2.75, 3.05) is 0 Å². The van der Waals surface area contributed by atoms with Gasteiger partial charge in [-0.1, -0.05) is 23.7 Å². The highest BCUT2D eigenvalue weighted by molar-refractivity contribution is 6.30. The average Bonchev–Trinajstić information content (AvgIpc) is 2.53. The second-order valence-electron chi connectivity index (χ2n) is 2.82. The summed E-state index contributed by atoms with van der Waals surface area (Å²) in [6, 6.07) is 7.48. The molecule has 4 heteroatoms. The van der Waals surface area contributed by atoms with E-state index < -0.39 is 0 Å². The fourth-order valence-corrected chi connectivity index (χ4v) is 1.27. The highest BCUT2D eigenvalue weighted by Crippen LogP contribution is 2.24. The van der Waals surface area contributed by atoms with Crippen molar-refractivity contribution in [2.24, 2.45) is 15.2 Å². The van der Waals surface area contributed by atoms with E-state index in [1.165, 1.54) is 0 Å². The molecule has 1 unspecified atom stereocenters. The third-order valence-electron chi connectivity index (χ3n) is 1.79. The van der Waals surface area contributed by atoms with Crippen LogP contribution in [0.3, 0.4) is 0 Å². The maximum atomic E-state index is 5.76. The summed E-state index contributed by atoms with van der Waals surface area (Å²) < 4.78 is 0. The molecule has 0 bridgehead atoms. The lowest BCUT2D eigenvalue weighted by atomic mass is 10.2. The molecule has 0 fully saturated rings. The van der Waals surface area contributed by atoms with Crippen molar-refractivity contribution >= 4 is 17.4 Å². The number of hydrogen-bond donors (Lipinski definition) is 0. The number of benzene rings is 1. The number of aliphatic imine (C=N–C) groups is 1. The summed E-state index contributed by atoms with van der Waals surface area (Å²) in [6.07, 6.45) is -0.169. The Labute approximate surface area is 81.2 Å². The van der Waals surface area contributed by atoms with Crippen molar-refractivity contribution < 1.29 is 0 Å². The normalized spacial score (nSPS) is 20.5.